The van der Waals surface area contributed by atoms with Gasteiger partial charge in [0.15, 0.2) is 0 Å². The minimum Gasteiger partial charge on any atom is -0.384 e. The van der Waals surface area contributed by atoms with Crippen LogP contribution in [-0.4, -0.2) is 19.6 Å². The Balaban J connectivity index is 4.44. The van der Waals surface area contributed by atoms with E-state index in [9.17, 15) is 8.78 Å². The molecule has 0 aliphatic carbocycles. The van der Waals surface area contributed by atoms with Crippen LogP contribution in [0.25, 0.3) is 0 Å². The number of alkyl halides is 2. The van der Waals surface area contributed by atoms with E-state index in [2.05, 4.69) is 13.8 Å². The summed E-state index contributed by atoms with van der Waals surface area (Å²) in [4.78, 5) is 0. The van der Waals surface area contributed by atoms with Crippen molar-refractivity contribution in [2.45, 2.75) is 65.7 Å². The van der Waals surface area contributed by atoms with E-state index in [-0.39, 0.29) is 12.8 Å². The number of hydrogen-bond acceptors (Lipinski definition) is 1. The largest absolute Gasteiger partial charge is 0.384 e. The SMILES string of the molecule is CCC(C)CCC(C)(COC)CC(F)(F)CC. The van der Waals surface area contributed by atoms with Gasteiger partial charge in [-0.1, -0.05) is 40.5 Å². The van der Waals surface area contributed by atoms with E-state index in [1.165, 1.54) is 0 Å². The molecule has 0 spiro atoms. The first-order chi connectivity index (χ1) is 7.78. The molecule has 0 aromatic rings. The van der Waals surface area contributed by atoms with E-state index in [0.29, 0.717) is 12.5 Å². The number of methoxy groups -OCH3 is 1. The van der Waals surface area contributed by atoms with Crippen LogP contribution in [-0.2, 0) is 4.74 Å². The molecule has 2 unspecified atom stereocenters. The number of ether oxygens (including phenoxy) is 1. The third-order valence-corrected chi connectivity index (χ3v) is 3.63. The van der Waals surface area contributed by atoms with E-state index >= 15 is 0 Å². The Bertz CT molecular complexity index is 206. The highest BCUT2D eigenvalue weighted by Gasteiger charge is 2.37. The van der Waals surface area contributed by atoms with Gasteiger partial charge in [-0.2, -0.15) is 0 Å². The molecule has 0 fully saturated rings. The summed E-state index contributed by atoms with van der Waals surface area (Å²) < 4.78 is 32.2. The maximum atomic E-state index is 13.5. The van der Waals surface area contributed by atoms with Gasteiger partial charge in [-0.25, -0.2) is 8.78 Å². The van der Waals surface area contributed by atoms with Gasteiger partial charge in [-0.05, 0) is 17.8 Å². The number of hydrogen-bond donors (Lipinski definition) is 0. The van der Waals surface area contributed by atoms with Crippen molar-refractivity contribution in [2.24, 2.45) is 11.3 Å². The van der Waals surface area contributed by atoms with Crippen molar-refractivity contribution in [3.63, 3.8) is 0 Å². The summed E-state index contributed by atoms with van der Waals surface area (Å²) in [7, 11) is 1.59. The van der Waals surface area contributed by atoms with Crippen molar-refractivity contribution in [3.8, 4) is 0 Å². The zero-order valence-electron chi connectivity index (χ0n) is 12.0. The smallest absolute Gasteiger partial charge is 0.248 e. The van der Waals surface area contributed by atoms with Crippen molar-refractivity contribution in [1.29, 1.82) is 0 Å². The van der Waals surface area contributed by atoms with Crippen LogP contribution in [0.1, 0.15) is 59.8 Å². The molecule has 0 rings (SSSR count). The summed E-state index contributed by atoms with van der Waals surface area (Å²) >= 11 is 0. The molecule has 0 amide bonds. The van der Waals surface area contributed by atoms with Crippen LogP contribution in [0.15, 0.2) is 0 Å². The monoisotopic (exact) mass is 250 g/mol. The van der Waals surface area contributed by atoms with Crippen molar-refractivity contribution in [2.75, 3.05) is 13.7 Å². The highest BCUT2D eigenvalue weighted by Crippen LogP contribution is 2.39. The minimum atomic E-state index is -2.57. The Morgan fingerprint density at radius 1 is 1.24 bits per heavy atom. The highest BCUT2D eigenvalue weighted by atomic mass is 19.3. The average molecular weight is 250 g/mol. The van der Waals surface area contributed by atoms with Gasteiger partial charge in [-0.15, -0.1) is 0 Å². The Hall–Kier alpha value is -0.180. The molecular formula is C14H28F2O. The molecule has 0 saturated heterocycles. The lowest BCUT2D eigenvalue weighted by Gasteiger charge is -2.33. The maximum Gasteiger partial charge on any atom is 0.248 e. The zero-order chi connectivity index (χ0) is 13.5. The lowest BCUT2D eigenvalue weighted by molar-refractivity contribution is -0.0666. The summed E-state index contributed by atoms with van der Waals surface area (Å²) in [6.07, 6.45) is 2.76. The summed E-state index contributed by atoms with van der Waals surface area (Å²) in [5, 5.41) is 0. The van der Waals surface area contributed by atoms with E-state index < -0.39 is 11.3 Å². The quantitative estimate of drug-likeness (QED) is 0.565. The van der Waals surface area contributed by atoms with Crippen LogP contribution < -0.4 is 0 Å². The molecule has 0 heterocycles. The molecule has 0 saturated carbocycles. The van der Waals surface area contributed by atoms with Gasteiger partial charge in [0.25, 0.3) is 0 Å². The third-order valence-electron chi connectivity index (χ3n) is 3.63. The molecule has 0 bridgehead atoms. The normalized spacial score (nSPS) is 17.8. The first-order valence-corrected chi connectivity index (χ1v) is 6.65. The summed E-state index contributed by atoms with van der Waals surface area (Å²) in [5.41, 5.74) is -0.405. The van der Waals surface area contributed by atoms with Crippen LogP contribution in [0.4, 0.5) is 8.78 Å². The fourth-order valence-electron chi connectivity index (χ4n) is 2.11. The van der Waals surface area contributed by atoms with Crippen molar-refractivity contribution < 1.29 is 13.5 Å². The maximum absolute atomic E-state index is 13.5. The molecule has 0 radical (unpaired) electrons. The van der Waals surface area contributed by atoms with Crippen LogP contribution in [0, 0.1) is 11.3 Å². The second-order valence-corrected chi connectivity index (χ2v) is 5.68. The Morgan fingerprint density at radius 2 is 1.82 bits per heavy atom. The fourth-order valence-corrected chi connectivity index (χ4v) is 2.11. The van der Waals surface area contributed by atoms with Crippen LogP contribution in [0.2, 0.25) is 0 Å². The van der Waals surface area contributed by atoms with Crippen molar-refractivity contribution in [3.05, 3.63) is 0 Å². The van der Waals surface area contributed by atoms with Gasteiger partial charge >= 0.3 is 0 Å². The third kappa shape index (κ3) is 6.97. The fraction of sp³-hybridized carbons (Fsp3) is 1.00. The van der Waals surface area contributed by atoms with E-state index in [4.69, 9.17) is 4.74 Å². The van der Waals surface area contributed by atoms with Crippen molar-refractivity contribution in [1.82, 2.24) is 0 Å². The van der Waals surface area contributed by atoms with Crippen LogP contribution in [0.5, 0.6) is 0 Å². The molecule has 0 aromatic heterocycles. The molecule has 0 aliphatic heterocycles. The van der Waals surface area contributed by atoms with Crippen LogP contribution in [0.3, 0.4) is 0 Å². The predicted molar refractivity (Wildman–Crippen MR) is 68.5 cm³/mol. The first kappa shape index (κ1) is 16.8. The number of rotatable bonds is 9. The van der Waals surface area contributed by atoms with Gasteiger partial charge < -0.3 is 4.74 Å². The predicted octanol–water partition coefficient (Wildman–Crippen LogP) is 4.90. The second-order valence-electron chi connectivity index (χ2n) is 5.68. The van der Waals surface area contributed by atoms with E-state index in [1.54, 1.807) is 14.0 Å². The van der Waals surface area contributed by atoms with Gasteiger partial charge in [0.2, 0.25) is 5.92 Å². The van der Waals surface area contributed by atoms with Crippen LogP contribution >= 0.6 is 0 Å². The Labute approximate surface area is 105 Å². The topological polar surface area (TPSA) is 9.23 Å². The highest BCUT2D eigenvalue weighted by molar-refractivity contribution is 4.81. The average Bonchev–Trinajstić information content (AvgIpc) is 2.25. The lowest BCUT2D eigenvalue weighted by atomic mass is 9.78. The number of halogens is 2. The van der Waals surface area contributed by atoms with Crippen molar-refractivity contribution >= 4 is 0 Å². The molecular weight excluding hydrogens is 222 g/mol. The molecule has 17 heavy (non-hydrogen) atoms. The molecule has 0 aromatic carbocycles. The molecule has 0 aliphatic rings. The molecule has 1 nitrogen and oxygen atoms in total. The summed E-state index contributed by atoms with van der Waals surface area (Å²) in [6.45, 7) is 8.19. The molecule has 2 atom stereocenters. The summed E-state index contributed by atoms with van der Waals surface area (Å²) in [6, 6.07) is 0. The molecule has 3 heteroatoms. The van der Waals surface area contributed by atoms with Gasteiger partial charge in [-0.3, -0.25) is 0 Å². The lowest BCUT2D eigenvalue weighted by Crippen LogP contribution is -2.32. The zero-order valence-corrected chi connectivity index (χ0v) is 12.0. The summed E-state index contributed by atoms with van der Waals surface area (Å²) in [5.74, 6) is -1.97. The second kappa shape index (κ2) is 7.30. The minimum absolute atomic E-state index is 0.0687. The van der Waals surface area contributed by atoms with E-state index in [1.807, 2.05) is 6.92 Å². The van der Waals surface area contributed by atoms with Gasteiger partial charge in [0.1, 0.15) is 0 Å². The Kier molecular flexibility index (Phi) is 7.22. The first-order valence-electron chi connectivity index (χ1n) is 6.65. The Morgan fingerprint density at radius 3 is 2.24 bits per heavy atom. The van der Waals surface area contributed by atoms with Gasteiger partial charge in [0.05, 0.1) is 6.61 Å². The van der Waals surface area contributed by atoms with Gasteiger partial charge in [0, 0.05) is 20.0 Å². The standard InChI is InChI=1S/C14H28F2O/c1-6-12(3)8-9-13(4,11-17-5)10-14(15,16)7-2/h12H,6-11H2,1-5H3. The molecule has 0 N–H and O–H groups in total. The van der Waals surface area contributed by atoms with E-state index in [0.717, 1.165) is 19.3 Å². The molecule has 104 valence electrons.